The Labute approximate surface area is 101 Å². The van der Waals surface area contributed by atoms with Crippen LogP contribution in [0.5, 0.6) is 0 Å². The molecule has 0 fully saturated rings. The van der Waals surface area contributed by atoms with E-state index in [0.717, 1.165) is 12.2 Å². The molecule has 0 aliphatic heterocycles. The highest BCUT2D eigenvalue weighted by Gasteiger charge is 2.31. The second-order valence-electron chi connectivity index (χ2n) is 1.99. The highest BCUT2D eigenvalue weighted by atomic mass is 35.5. The van der Waals surface area contributed by atoms with Gasteiger partial charge in [0.05, 0.1) is 0 Å². The first kappa shape index (κ1) is 13.9. The maximum atomic E-state index is 10.9. The molecule has 0 radical (unpaired) electrons. The van der Waals surface area contributed by atoms with Crippen LogP contribution < -0.4 is 0 Å². The molecule has 0 bridgehead atoms. The van der Waals surface area contributed by atoms with Gasteiger partial charge in [-0.25, -0.2) is 4.79 Å². The predicted molar refractivity (Wildman–Crippen MR) is 56.8 cm³/mol. The summed E-state index contributed by atoms with van der Waals surface area (Å²) in [7, 11) is 0. The van der Waals surface area contributed by atoms with Gasteiger partial charge < -0.3 is 9.47 Å². The fourth-order valence-corrected chi connectivity index (χ4v) is 0.578. The lowest BCUT2D eigenvalue weighted by Crippen LogP contribution is -2.26. The summed E-state index contributed by atoms with van der Waals surface area (Å²) in [4.78, 5) is 10.9. The van der Waals surface area contributed by atoms with E-state index in [2.05, 4.69) is 22.6 Å². The average Bonchev–Trinajstić information content (AvgIpc) is 2.02. The first-order chi connectivity index (χ1) is 6.22. The fourth-order valence-electron chi connectivity index (χ4n) is 0.326. The van der Waals surface area contributed by atoms with Crippen molar-refractivity contribution in [3.8, 4) is 0 Å². The molecule has 0 saturated carbocycles. The number of hydrogen-bond donors (Lipinski definition) is 0. The Hall–Kier alpha value is -0.0900. The molecule has 14 heavy (non-hydrogen) atoms. The Morgan fingerprint density at radius 2 is 1.29 bits per heavy atom. The smallest absolute Gasteiger partial charge is 0.393 e. The summed E-state index contributed by atoms with van der Waals surface area (Å²) < 4.78 is 4.95. The van der Waals surface area contributed by atoms with E-state index in [9.17, 15) is 4.79 Å². The van der Waals surface area contributed by atoms with Crippen LogP contribution >= 0.6 is 46.4 Å². The van der Waals surface area contributed by atoms with Crippen LogP contribution in [0.4, 0.5) is 4.79 Å². The molecule has 0 saturated heterocycles. The summed E-state index contributed by atoms with van der Waals surface area (Å²) >= 11 is 21.6. The largest absolute Gasteiger partial charge is 0.514 e. The molecule has 7 heteroatoms. The molecule has 0 N–H and O–H groups in total. The molecule has 0 aromatic rings. The molecule has 80 valence electrons. The van der Waals surface area contributed by atoms with Crippen molar-refractivity contribution in [1.82, 2.24) is 0 Å². The average molecular weight is 280 g/mol. The van der Waals surface area contributed by atoms with Gasteiger partial charge in [0.15, 0.2) is 0 Å². The molecular formula is C7H6Cl4O3. The van der Waals surface area contributed by atoms with Crippen LogP contribution in [-0.4, -0.2) is 15.2 Å². The van der Waals surface area contributed by atoms with Gasteiger partial charge in [-0.05, 0) is 12.2 Å². The molecule has 0 aliphatic carbocycles. The minimum Gasteiger partial charge on any atom is -0.393 e. The molecule has 0 spiro atoms. The van der Waals surface area contributed by atoms with Gasteiger partial charge in [-0.1, -0.05) is 59.6 Å². The standard InChI is InChI=1S/C7H6Cl4O3/c1-3-6(8,9)13-5(12)14-7(10,11)4-2/h3-4H,1-2H2. The van der Waals surface area contributed by atoms with E-state index in [1.807, 2.05) is 0 Å². The van der Waals surface area contributed by atoms with Crippen molar-refractivity contribution in [2.75, 3.05) is 0 Å². The van der Waals surface area contributed by atoms with Crippen LogP contribution in [0.25, 0.3) is 0 Å². The molecule has 0 unspecified atom stereocenters. The number of alkyl halides is 4. The summed E-state index contributed by atoms with van der Waals surface area (Å²) in [6.07, 6.45) is 0.713. The first-order valence-corrected chi connectivity index (χ1v) is 4.68. The molecule has 0 heterocycles. The van der Waals surface area contributed by atoms with Gasteiger partial charge in [0, 0.05) is 0 Å². The number of carbonyl (C=O) groups excluding carboxylic acids is 1. The van der Waals surface area contributed by atoms with Crippen LogP contribution in [0.15, 0.2) is 25.3 Å². The van der Waals surface area contributed by atoms with E-state index >= 15 is 0 Å². The van der Waals surface area contributed by atoms with Gasteiger partial charge in [0.2, 0.25) is 0 Å². The Kier molecular flexibility index (Phi) is 5.09. The summed E-state index contributed by atoms with van der Waals surface area (Å²) in [5.41, 5.74) is 0. The van der Waals surface area contributed by atoms with E-state index in [1.165, 1.54) is 0 Å². The zero-order valence-corrected chi connectivity index (χ0v) is 9.83. The fraction of sp³-hybridized carbons (Fsp3) is 0.286. The summed E-state index contributed by atoms with van der Waals surface area (Å²) in [6.45, 7) is 6.44. The maximum Gasteiger partial charge on any atom is 0.514 e. The van der Waals surface area contributed by atoms with Crippen molar-refractivity contribution in [3.05, 3.63) is 25.3 Å². The predicted octanol–water partition coefficient (Wildman–Crippen LogP) is 3.77. The SMILES string of the molecule is C=CC(Cl)(Cl)OC(=O)OC(Cl)(Cl)C=C. The lowest BCUT2D eigenvalue weighted by Gasteiger charge is -2.19. The van der Waals surface area contributed by atoms with Crippen molar-refractivity contribution in [2.24, 2.45) is 0 Å². The highest BCUT2D eigenvalue weighted by molar-refractivity contribution is 6.49. The minimum atomic E-state index is -1.89. The van der Waals surface area contributed by atoms with Crippen molar-refractivity contribution in [2.45, 2.75) is 9.04 Å². The normalized spacial score (nSPS) is 11.7. The Morgan fingerprint density at radius 1 is 1.00 bits per heavy atom. The third kappa shape index (κ3) is 5.60. The maximum absolute atomic E-state index is 10.9. The Bertz CT molecular complexity index is 225. The summed E-state index contributed by atoms with van der Waals surface area (Å²) in [6, 6.07) is 0. The highest BCUT2D eigenvalue weighted by Crippen LogP contribution is 2.28. The van der Waals surface area contributed by atoms with Crippen LogP contribution in [0.3, 0.4) is 0 Å². The summed E-state index contributed by atoms with van der Waals surface area (Å²) in [5.74, 6) is 0. The van der Waals surface area contributed by atoms with E-state index in [0.29, 0.717) is 0 Å². The van der Waals surface area contributed by atoms with E-state index in [-0.39, 0.29) is 0 Å². The quantitative estimate of drug-likeness (QED) is 0.446. The summed E-state index contributed by atoms with van der Waals surface area (Å²) in [5, 5.41) is 0. The number of hydrogen-bond acceptors (Lipinski definition) is 3. The van der Waals surface area contributed by atoms with Gasteiger partial charge in [0.1, 0.15) is 0 Å². The molecule has 0 rings (SSSR count). The Morgan fingerprint density at radius 3 is 1.50 bits per heavy atom. The third-order valence-corrected chi connectivity index (χ3v) is 1.84. The topological polar surface area (TPSA) is 35.5 Å². The zero-order chi connectivity index (χ0) is 11.4. The minimum absolute atomic E-state index is 0.982. The lowest BCUT2D eigenvalue weighted by molar-refractivity contribution is 0.0370. The van der Waals surface area contributed by atoms with Gasteiger partial charge in [-0.3, -0.25) is 0 Å². The van der Waals surface area contributed by atoms with E-state index in [4.69, 9.17) is 46.4 Å². The second kappa shape index (κ2) is 5.12. The molecule has 3 nitrogen and oxygen atoms in total. The van der Waals surface area contributed by atoms with Gasteiger partial charge >= 0.3 is 6.16 Å². The zero-order valence-electron chi connectivity index (χ0n) is 6.81. The van der Waals surface area contributed by atoms with Crippen molar-refractivity contribution >= 4 is 52.6 Å². The van der Waals surface area contributed by atoms with Crippen molar-refractivity contribution in [3.63, 3.8) is 0 Å². The Balaban J connectivity index is 4.25. The van der Waals surface area contributed by atoms with E-state index < -0.39 is 15.2 Å². The molecule has 0 atom stereocenters. The van der Waals surface area contributed by atoms with Crippen molar-refractivity contribution in [1.29, 1.82) is 0 Å². The second-order valence-corrected chi connectivity index (χ2v) is 4.62. The van der Waals surface area contributed by atoms with Crippen molar-refractivity contribution < 1.29 is 14.3 Å². The number of halogens is 4. The van der Waals surface area contributed by atoms with E-state index in [1.54, 1.807) is 0 Å². The number of rotatable bonds is 4. The van der Waals surface area contributed by atoms with Gasteiger partial charge in [-0.15, -0.1) is 0 Å². The monoisotopic (exact) mass is 278 g/mol. The lowest BCUT2D eigenvalue weighted by atomic mass is 10.7. The number of carbonyl (C=O) groups is 1. The molecule has 0 amide bonds. The molecule has 0 aromatic heterocycles. The third-order valence-electron chi connectivity index (χ3n) is 0.914. The van der Waals surface area contributed by atoms with Gasteiger partial charge in [0.25, 0.3) is 9.04 Å². The molecular weight excluding hydrogens is 274 g/mol. The van der Waals surface area contributed by atoms with Crippen LogP contribution in [0.2, 0.25) is 0 Å². The first-order valence-electron chi connectivity index (χ1n) is 3.17. The molecule has 0 aliphatic rings. The van der Waals surface area contributed by atoms with Crippen LogP contribution in [0.1, 0.15) is 0 Å². The molecule has 0 aromatic carbocycles. The van der Waals surface area contributed by atoms with Gasteiger partial charge in [-0.2, -0.15) is 0 Å². The number of ether oxygens (including phenoxy) is 2. The van der Waals surface area contributed by atoms with Crippen LogP contribution in [-0.2, 0) is 9.47 Å². The van der Waals surface area contributed by atoms with Crippen LogP contribution in [0, 0.1) is 0 Å².